The van der Waals surface area contributed by atoms with Crippen LogP contribution in [0.2, 0.25) is 0 Å². The normalized spacial score (nSPS) is 18.3. The predicted octanol–water partition coefficient (Wildman–Crippen LogP) is 2.28. The van der Waals surface area contributed by atoms with Crippen LogP contribution < -0.4 is 5.32 Å². The number of likely N-dealkylation sites (tertiary alicyclic amines) is 1. The molecule has 2 aromatic carbocycles. The number of halogens is 3. The Morgan fingerprint density at radius 1 is 1.00 bits per heavy atom. The van der Waals surface area contributed by atoms with Gasteiger partial charge in [0.15, 0.2) is 5.70 Å². The highest BCUT2D eigenvalue weighted by Crippen LogP contribution is 2.41. The van der Waals surface area contributed by atoms with Crippen molar-refractivity contribution in [3.8, 4) is 0 Å². The predicted molar refractivity (Wildman–Crippen MR) is 135 cm³/mol. The number of amides is 2. The molecule has 1 aliphatic rings. The van der Waals surface area contributed by atoms with Crippen molar-refractivity contribution in [2.24, 2.45) is 0 Å². The molecule has 1 heterocycles. The molecule has 1 N–H and O–H groups in total. The molecule has 0 aromatic heterocycles. The van der Waals surface area contributed by atoms with Crippen molar-refractivity contribution in [3.63, 3.8) is 0 Å². The van der Waals surface area contributed by atoms with Crippen LogP contribution in [0.1, 0.15) is 12.5 Å². The maximum atomic E-state index is 13.1. The standard InChI is InChI=1S/C23H21F3N2O9S3/c1-14(37-40(34,35)23(24,25)26)19(22(31)36-2)28-20(30)18(27-17(29)13-15-9-5-3-6-10-15)21(28)38-39(32,33)16-11-7-4-8-12-16/h3-12,18,21H,13H2,1-2H3,(H,27,29)/b19-14+. The third-order valence-electron chi connectivity index (χ3n) is 5.30. The van der Waals surface area contributed by atoms with Gasteiger partial charge in [0.05, 0.1) is 18.4 Å². The Bertz CT molecular complexity index is 1530. The fraction of sp³-hybridized carbons (Fsp3) is 0.261. The van der Waals surface area contributed by atoms with E-state index in [1.807, 2.05) is 0 Å². The van der Waals surface area contributed by atoms with E-state index in [0.29, 0.717) is 17.4 Å². The second-order valence-electron chi connectivity index (χ2n) is 8.05. The lowest BCUT2D eigenvalue weighted by Gasteiger charge is -2.46. The average Bonchev–Trinajstić information content (AvgIpc) is 2.89. The van der Waals surface area contributed by atoms with Gasteiger partial charge in [0.25, 0.3) is 5.91 Å². The van der Waals surface area contributed by atoms with E-state index in [1.165, 1.54) is 30.3 Å². The topological polar surface area (TPSA) is 153 Å². The van der Waals surface area contributed by atoms with Crippen LogP contribution in [-0.2, 0) is 48.7 Å². The van der Waals surface area contributed by atoms with Gasteiger partial charge in [-0.25, -0.2) is 13.2 Å². The van der Waals surface area contributed by atoms with Gasteiger partial charge in [-0.2, -0.15) is 21.6 Å². The fourth-order valence-electron chi connectivity index (χ4n) is 3.47. The van der Waals surface area contributed by atoms with Crippen molar-refractivity contribution in [1.82, 2.24) is 10.2 Å². The van der Waals surface area contributed by atoms with Crippen LogP contribution in [-0.4, -0.2) is 63.6 Å². The molecule has 3 rings (SSSR count). The third kappa shape index (κ3) is 6.76. The minimum absolute atomic E-state index is 0.101. The van der Waals surface area contributed by atoms with Gasteiger partial charge in [-0.05, 0) is 24.6 Å². The molecular formula is C23H21F3N2O9S3. The Morgan fingerprint density at radius 2 is 1.55 bits per heavy atom. The summed E-state index contributed by atoms with van der Waals surface area (Å²) in [6, 6.07) is 13.5. The van der Waals surface area contributed by atoms with Crippen molar-refractivity contribution in [2.45, 2.75) is 35.2 Å². The van der Waals surface area contributed by atoms with Gasteiger partial charge in [-0.1, -0.05) is 48.5 Å². The summed E-state index contributed by atoms with van der Waals surface area (Å²) in [5.41, 5.74) is -6.43. The number of esters is 1. The first-order valence-electron chi connectivity index (χ1n) is 11.0. The lowest BCUT2D eigenvalue weighted by Crippen LogP contribution is -2.70. The summed E-state index contributed by atoms with van der Waals surface area (Å²) in [6.45, 7) is 0.650. The van der Waals surface area contributed by atoms with E-state index in [0.717, 1.165) is 7.11 Å². The van der Waals surface area contributed by atoms with E-state index >= 15 is 0 Å². The number of hydrogen-bond donors (Lipinski definition) is 1. The third-order valence-corrected chi connectivity index (χ3v) is 10.0. The quantitative estimate of drug-likeness (QED) is 0.0794. The molecule has 1 saturated heterocycles. The number of nitrogens with zero attached hydrogens (tertiary/aromatic N) is 1. The number of allylic oxidation sites excluding steroid dienone is 1. The maximum absolute atomic E-state index is 13.1. The summed E-state index contributed by atoms with van der Waals surface area (Å²) in [5, 5.41) is 0.723. The van der Waals surface area contributed by atoms with Gasteiger partial charge in [-0.15, -0.1) is 0 Å². The van der Waals surface area contributed by atoms with Gasteiger partial charge in [0, 0.05) is 10.8 Å². The first-order valence-corrected chi connectivity index (χ1v) is 15.3. The highest BCUT2D eigenvalue weighted by Gasteiger charge is 2.56. The Labute approximate surface area is 230 Å². The Hall–Kier alpha value is -3.57. The van der Waals surface area contributed by atoms with Crippen molar-refractivity contribution in [2.75, 3.05) is 7.11 Å². The van der Waals surface area contributed by atoms with Crippen LogP contribution in [0.15, 0.2) is 77.0 Å². The monoisotopic (exact) mass is 622 g/mol. The van der Waals surface area contributed by atoms with E-state index in [9.17, 15) is 44.4 Å². The summed E-state index contributed by atoms with van der Waals surface area (Å²) in [6.07, 6.45) is -0.209. The minimum Gasteiger partial charge on any atom is -0.464 e. The Kier molecular flexibility index (Phi) is 9.21. The Balaban J connectivity index is 2.03. The van der Waals surface area contributed by atoms with Gasteiger partial charge >= 0.3 is 21.6 Å². The zero-order chi connectivity index (χ0) is 29.9. The molecule has 17 heteroatoms. The minimum atomic E-state index is -6.28. The first-order chi connectivity index (χ1) is 18.6. The zero-order valence-electron chi connectivity index (χ0n) is 20.6. The van der Waals surface area contributed by atoms with Crippen molar-refractivity contribution >= 4 is 47.6 Å². The molecule has 40 heavy (non-hydrogen) atoms. The molecule has 11 nitrogen and oxygen atoms in total. The van der Waals surface area contributed by atoms with Crippen LogP contribution in [0.4, 0.5) is 13.2 Å². The van der Waals surface area contributed by atoms with E-state index < -0.39 is 65.2 Å². The average molecular weight is 623 g/mol. The van der Waals surface area contributed by atoms with E-state index in [4.69, 9.17) is 0 Å². The van der Waals surface area contributed by atoms with Crippen molar-refractivity contribution in [1.29, 1.82) is 0 Å². The van der Waals surface area contributed by atoms with Crippen LogP contribution in [0.25, 0.3) is 0 Å². The molecule has 1 fully saturated rings. The molecule has 0 spiro atoms. The smallest absolute Gasteiger partial charge is 0.464 e. The van der Waals surface area contributed by atoms with Gasteiger partial charge in [0.1, 0.15) is 17.2 Å². The lowest BCUT2D eigenvalue weighted by atomic mass is 10.0. The molecule has 0 radical (unpaired) electrons. The second-order valence-corrected chi connectivity index (χ2v) is 13.5. The van der Waals surface area contributed by atoms with Gasteiger partial charge in [-0.3, -0.25) is 14.5 Å². The molecule has 2 aromatic rings. The van der Waals surface area contributed by atoms with E-state index in [2.05, 4.69) is 14.2 Å². The Morgan fingerprint density at radius 3 is 2.08 bits per heavy atom. The zero-order valence-corrected chi connectivity index (χ0v) is 23.1. The molecular weight excluding hydrogens is 601 g/mol. The summed E-state index contributed by atoms with van der Waals surface area (Å²) in [5.74, 6) is -4.55. The molecule has 216 valence electrons. The van der Waals surface area contributed by atoms with Crippen molar-refractivity contribution in [3.05, 3.63) is 77.7 Å². The maximum Gasteiger partial charge on any atom is 0.534 e. The first kappa shape index (κ1) is 31.0. The molecule has 0 bridgehead atoms. The van der Waals surface area contributed by atoms with Gasteiger partial charge in [0.2, 0.25) is 14.8 Å². The van der Waals surface area contributed by atoms with Crippen molar-refractivity contribution < 1.29 is 53.3 Å². The second kappa shape index (κ2) is 11.9. The van der Waals surface area contributed by atoms with E-state index in [-0.39, 0.29) is 22.1 Å². The van der Waals surface area contributed by atoms with Crippen LogP contribution in [0, 0.1) is 0 Å². The fourth-order valence-corrected chi connectivity index (χ4v) is 7.46. The summed E-state index contributed by atoms with van der Waals surface area (Å²) >= 11 is 0. The SMILES string of the molecule is COC(=O)/C(=C(/C)OS(=O)(=O)C(F)(F)F)N1C(=O)C(NC(=O)Cc2ccccc2)C1SS(=O)(=O)c1ccccc1. The van der Waals surface area contributed by atoms with E-state index in [1.54, 1.807) is 30.3 Å². The van der Waals surface area contributed by atoms with Crippen LogP contribution in [0.5, 0.6) is 0 Å². The molecule has 2 amide bonds. The number of carbonyl (C=O) groups excluding carboxylic acids is 3. The number of β-lactam (4-membered cyclic amide) rings is 1. The molecule has 2 atom stereocenters. The molecule has 0 aliphatic carbocycles. The number of carbonyl (C=O) groups is 3. The summed E-state index contributed by atoms with van der Waals surface area (Å²) in [4.78, 5) is 38.5. The number of nitrogens with one attached hydrogen (secondary N) is 1. The number of rotatable bonds is 10. The number of benzene rings is 2. The molecule has 0 saturated carbocycles. The largest absolute Gasteiger partial charge is 0.534 e. The highest BCUT2D eigenvalue weighted by atomic mass is 33.1. The van der Waals surface area contributed by atoms with Crippen LogP contribution >= 0.6 is 10.8 Å². The number of alkyl halides is 3. The lowest BCUT2D eigenvalue weighted by molar-refractivity contribution is -0.151. The number of methoxy groups -OCH3 is 1. The van der Waals surface area contributed by atoms with Gasteiger partial charge < -0.3 is 14.2 Å². The molecule has 2 unspecified atom stereocenters. The summed E-state index contributed by atoms with van der Waals surface area (Å²) in [7, 11) is -9.68. The summed E-state index contributed by atoms with van der Waals surface area (Å²) < 4.78 is 96.7. The highest BCUT2D eigenvalue weighted by molar-refractivity contribution is 8.72. The number of hydrogen-bond acceptors (Lipinski definition) is 10. The number of ether oxygens (including phenoxy) is 1. The molecule has 1 aliphatic heterocycles. The van der Waals surface area contributed by atoms with Crippen LogP contribution in [0.3, 0.4) is 0 Å².